The second-order valence-electron chi connectivity index (χ2n) is 5.14. The SMILES string of the molecule is CC1CCCCN1C(=O)NC(C(=O)O)C1CC1. The summed E-state index contributed by atoms with van der Waals surface area (Å²) in [5.41, 5.74) is 0. The number of carboxylic acid groups (broad SMARTS) is 1. The standard InChI is InChI=1S/C12H20N2O3/c1-8-4-2-3-7-14(8)12(17)13-10(11(15)16)9-5-6-9/h8-10H,2-7H2,1H3,(H,13,17)(H,15,16). The highest BCUT2D eigenvalue weighted by molar-refractivity contribution is 5.83. The highest BCUT2D eigenvalue weighted by atomic mass is 16.4. The highest BCUT2D eigenvalue weighted by Gasteiger charge is 2.38. The normalized spacial score (nSPS) is 26.4. The molecule has 0 aromatic heterocycles. The van der Waals surface area contributed by atoms with Crippen LogP contribution in [0.15, 0.2) is 0 Å². The van der Waals surface area contributed by atoms with Crippen LogP contribution in [-0.4, -0.2) is 40.6 Å². The number of amides is 2. The van der Waals surface area contributed by atoms with Crippen LogP contribution in [0.25, 0.3) is 0 Å². The molecule has 5 heteroatoms. The fraction of sp³-hybridized carbons (Fsp3) is 0.833. The van der Waals surface area contributed by atoms with Gasteiger partial charge in [-0.15, -0.1) is 0 Å². The number of carbonyl (C=O) groups excluding carboxylic acids is 1. The van der Waals surface area contributed by atoms with Crippen LogP contribution >= 0.6 is 0 Å². The summed E-state index contributed by atoms with van der Waals surface area (Å²) in [5.74, 6) is -0.776. The van der Waals surface area contributed by atoms with Crippen LogP contribution in [0, 0.1) is 5.92 Å². The lowest BCUT2D eigenvalue weighted by Gasteiger charge is -2.34. The van der Waals surface area contributed by atoms with E-state index in [0.717, 1.165) is 38.6 Å². The van der Waals surface area contributed by atoms with E-state index in [4.69, 9.17) is 5.11 Å². The van der Waals surface area contributed by atoms with E-state index in [1.54, 1.807) is 4.90 Å². The molecule has 1 aliphatic carbocycles. The van der Waals surface area contributed by atoms with Crippen molar-refractivity contribution in [2.75, 3.05) is 6.54 Å². The van der Waals surface area contributed by atoms with Crippen LogP contribution in [0.1, 0.15) is 39.0 Å². The third-order valence-corrected chi connectivity index (χ3v) is 3.70. The minimum absolute atomic E-state index is 0.136. The number of hydrogen-bond acceptors (Lipinski definition) is 2. The summed E-state index contributed by atoms with van der Waals surface area (Å²) >= 11 is 0. The van der Waals surface area contributed by atoms with Crippen molar-refractivity contribution in [2.45, 2.75) is 51.1 Å². The lowest BCUT2D eigenvalue weighted by Crippen LogP contribution is -2.52. The maximum Gasteiger partial charge on any atom is 0.326 e. The number of hydrogen-bond donors (Lipinski definition) is 2. The Balaban J connectivity index is 1.92. The van der Waals surface area contributed by atoms with Gasteiger partial charge in [-0.3, -0.25) is 0 Å². The molecule has 2 amide bonds. The van der Waals surface area contributed by atoms with Gasteiger partial charge in [0.05, 0.1) is 0 Å². The second kappa shape index (κ2) is 4.94. The molecule has 2 aliphatic rings. The summed E-state index contributed by atoms with van der Waals surface area (Å²) in [5, 5.41) is 11.7. The molecule has 17 heavy (non-hydrogen) atoms. The molecule has 0 aromatic carbocycles. The van der Waals surface area contributed by atoms with E-state index < -0.39 is 12.0 Å². The van der Waals surface area contributed by atoms with Crippen LogP contribution in [-0.2, 0) is 4.79 Å². The monoisotopic (exact) mass is 240 g/mol. The summed E-state index contributed by atoms with van der Waals surface area (Å²) in [7, 11) is 0. The number of urea groups is 1. The van der Waals surface area contributed by atoms with Crippen molar-refractivity contribution in [1.29, 1.82) is 0 Å². The van der Waals surface area contributed by atoms with Gasteiger partial charge in [0, 0.05) is 12.6 Å². The van der Waals surface area contributed by atoms with Gasteiger partial charge in [0.1, 0.15) is 6.04 Å². The van der Waals surface area contributed by atoms with Gasteiger partial charge in [-0.1, -0.05) is 0 Å². The van der Waals surface area contributed by atoms with Crippen LogP contribution < -0.4 is 5.32 Å². The first-order valence-electron chi connectivity index (χ1n) is 6.39. The number of nitrogens with one attached hydrogen (secondary N) is 1. The average Bonchev–Trinajstić information content (AvgIpc) is 3.09. The first kappa shape index (κ1) is 12.2. The first-order chi connectivity index (χ1) is 8.09. The molecule has 2 unspecified atom stereocenters. The Morgan fingerprint density at radius 3 is 2.53 bits per heavy atom. The van der Waals surface area contributed by atoms with E-state index in [1.165, 1.54) is 0 Å². The van der Waals surface area contributed by atoms with E-state index in [-0.39, 0.29) is 18.0 Å². The first-order valence-corrected chi connectivity index (χ1v) is 6.39. The fourth-order valence-corrected chi connectivity index (χ4v) is 2.43. The summed E-state index contributed by atoms with van der Waals surface area (Å²) in [6, 6.07) is -0.689. The molecule has 2 fully saturated rings. The predicted molar refractivity (Wildman–Crippen MR) is 62.7 cm³/mol. The Labute approximate surface area is 101 Å². The van der Waals surface area contributed by atoms with E-state index in [2.05, 4.69) is 5.32 Å². The molecular weight excluding hydrogens is 220 g/mol. The number of nitrogens with zero attached hydrogens (tertiary/aromatic N) is 1. The van der Waals surface area contributed by atoms with Crippen LogP contribution in [0.2, 0.25) is 0 Å². The second-order valence-corrected chi connectivity index (χ2v) is 5.14. The number of likely N-dealkylation sites (tertiary alicyclic amines) is 1. The average molecular weight is 240 g/mol. The zero-order valence-electron chi connectivity index (χ0n) is 10.2. The molecule has 1 heterocycles. The van der Waals surface area contributed by atoms with Crippen molar-refractivity contribution in [3.05, 3.63) is 0 Å². The van der Waals surface area contributed by atoms with Crippen LogP contribution in [0.3, 0.4) is 0 Å². The van der Waals surface area contributed by atoms with Crippen LogP contribution in [0.5, 0.6) is 0 Å². The molecule has 2 atom stereocenters. The fourth-order valence-electron chi connectivity index (χ4n) is 2.43. The van der Waals surface area contributed by atoms with Gasteiger partial charge in [0.25, 0.3) is 0 Å². The van der Waals surface area contributed by atoms with Crippen molar-refractivity contribution in [3.63, 3.8) is 0 Å². The third-order valence-electron chi connectivity index (χ3n) is 3.70. The van der Waals surface area contributed by atoms with Crippen molar-refractivity contribution in [3.8, 4) is 0 Å². The quantitative estimate of drug-likeness (QED) is 0.784. The van der Waals surface area contributed by atoms with Crippen molar-refractivity contribution in [1.82, 2.24) is 10.2 Å². The molecule has 1 saturated heterocycles. The lowest BCUT2D eigenvalue weighted by atomic mass is 10.0. The Morgan fingerprint density at radius 2 is 2.00 bits per heavy atom. The number of carboxylic acids is 1. The molecule has 0 spiro atoms. The lowest BCUT2D eigenvalue weighted by molar-refractivity contribution is -0.139. The smallest absolute Gasteiger partial charge is 0.326 e. The van der Waals surface area contributed by atoms with E-state index in [9.17, 15) is 9.59 Å². The molecule has 96 valence electrons. The van der Waals surface area contributed by atoms with Gasteiger partial charge in [-0.25, -0.2) is 9.59 Å². The summed E-state index contributed by atoms with van der Waals surface area (Å²) < 4.78 is 0. The van der Waals surface area contributed by atoms with Gasteiger partial charge in [-0.2, -0.15) is 0 Å². The minimum Gasteiger partial charge on any atom is -0.480 e. The van der Waals surface area contributed by atoms with Gasteiger partial charge < -0.3 is 15.3 Å². The van der Waals surface area contributed by atoms with Gasteiger partial charge in [0.2, 0.25) is 0 Å². The number of aliphatic carboxylic acids is 1. The molecule has 5 nitrogen and oxygen atoms in total. The van der Waals surface area contributed by atoms with E-state index in [0.29, 0.717) is 0 Å². The molecule has 2 N–H and O–H groups in total. The van der Waals surface area contributed by atoms with Crippen molar-refractivity contribution >= 4 is 12.0 Å². The summed E-state index contributed by atoms with van der Waals surface area (Å²) in [4.78, 5) is 24.8. The Kier molecular flexibility index (Phi) is 3.54. The van der Waals surface area contributed by atoms with Gasteiger partial charge in [0.15, 0.2) is 0 Å². The Bertz CT molecular complexity index is 315. The molecule has 0 bridgehead atoms. The van der Waals surface area contributed by atoms with Crippen molar-refractivity contribution in [2.24, 2.45) is 5.92 Å². The van der Waals surface area contributed by atoms with E-state index in [1.807, 2.05) is 6.92 Å². The summed E-state index contributed by atoms with van der Waals surface area (Å²) in [6.45, 7) is 2.76. The number of piperidine rings is 1. The third kappa shape index (κ3) is 2.90. The molecule has 0 aromatic rings. The predicted octanol–water partition coefficient (Wildman–Crippen LogP) is 1.43. The number of carbonyl (C=O) groups is 2. The zero-order chi connectivity index (χ0) is 12.4. The molecule has 1 aliphatic heterocycles. The zero-order valence-corrected chi connectivity index (χ0v) is 10.2. The Hall–Kier alpha value is -1.26. The highest BCUT2D eigenvalue weighted by Crippen LogP contribution is 2.33. The largest absolute Gasteiger partial charge is 0.480 e. The molecular formula is C12H20N2O3. The molecule has 2 rings (SSSR count). The maximum atomic E-state index is 12.0. The topological polar surface area (TPSA) is 69.6 Å². The summed E-state index contributed by atoms with van der Waals surface area (Å²) in [6.07, 6.45) is 4.99. The van der Waals surface area contributed by atoms with E-state index >= 15 is 0 Å². The van der Waals surface area contributed by atoms with Gasteiger partial charge >= 0.3 is 12.0 Å². The van der Waals surface area contributed by atoms with Gasteiger partial charge in [-0.05, 0) is 44.9 Å². The maximum absolute atomic E-state index is 12.0. The Morgan fingerprint density at radius 1 is 1.29 bits per heavy atom. The number of rotatable bonds is 3. The van der Waals surface area contributed by atoms with Crippen molar-refractivity contribution < 1.29 is 14.7 Å². The minimum atomic E-state index is -0.912. The van der Waals surface area contributed by atoms with Crippen LogP contribution in [0.4, 0.5) is 4.79 Å². The molecule has 0 radical (unpaired) electrons. The molecule has 1 saturated carbocycles.